The summed E-state index contributed by atoms with van der Waals surface area (Å²) >= 11 is 3.40. The van der Waals surface area contributed by atoms with Crippen molar-refractivity contribution < 1.29 is 9.13 Å². The van der Waals surface area contributed by atoms with Gasteiger partial charge in [0.15, 0.2) is 0 Å². The van der Waals surface area contributed by atoms with E-state index in [2.05, 4.69) is 21.2 Å². The van der Waals surface area contributed by atoms with Crippen LogP contribution in [-0.4, -0.2) is 12.6 Å². The van der Waals surface area contributed by atoms with E-state index >= 15 is 0 Å². The van der Waals surface area contributed by atoms with Gasteiger partial charge in [0.25, 0.3) is 0 Å². The van der Waals surface area contributed by atoms with E-state index in [1.165, 1.54) is 6.07 Å². The van der Waals surface area contributed by atoms with Crippen LogP contribution in [0.5, 0.6) is 5.75 Å². The molecule has 0 saturated heterocycles. The summed E-state index contributed by atoms with van der Waals surface area (Å²) in [6.07, 6.45) is 0.803. The molecule has 2 aromatic carbocycles. The molecule has 3 rings (SSSR count). The van der Waals surface area contributed by atoms with Crippen LogP contribution in [0.4, 0.5) is 10.1 Å². The average Bonchev–Trinajstić information content (AvgIpc) is 2.80. The van der Waals surface area contributed by atoms with Crippen LogP contribution >= 0.6 is 15.9 Å². The van der Waals surface area contributed by atoms with E-state index < -0.39 is 0 Å². The minimum absolute atomic E-state index is 0.0560. The van der Waals surface area contributed by atoms with Gasteiger partial charge in [-0.15, -0.1) is 0 Å². The molecule has 1 atom stereocenters. The Hall–Kier alpha value is -1.55. The fourth-order valence-corrected chi connectivity index (χ4v) is 2.47. The molecule has 0 spiro atoms. The highest BCUT2D eigenvalue weighted by atomic mass is 79.9. The van der Waals surface area contributed by atoms with Crippen molar-refractivity contribution in [1.82, 2.24) is 0 Å². The molecule has 1 heterocycles. The Morgan fingerprint density at radius 1 is 1.21 bits per heavy atom. The van der Waals surface area contributed by atoms with Gasteiger partial charge in [-0.25, -0.2) is 4.39 Å². The Morgan fingerprint density at radius 3 is 2.79 bits per heavy atom. The van der Waals surface area contributed by atoms with E-state index in [0.29, 0.717) is 6.54 Å². The molecule has 2 aromatic rings. The smallest absolute Gasteiger partial charge is 0.123 e. The maximum Gasteiger partial charge on any atom is 0.123 e. The first kappa shape index (κ1) is 12.5. The van der Waals surface area contributed by atoms with E-state index in [1.54, 1.807) is 12.1 Å². The van der Waals surface area contributed by atoms with E-state index in [9.17, 15) is 4.39 Å². The van der Waals surface area contributed by atoms with Gasteiger partial charge in [-0.2, -0.15) is 0 Å². The van der Waals surface area contributed by atoms with Gasteiger partial charge in [0.1, 0.15) is 17.7 Å². The number of hydrogen-bond donors (Lipinski definition) is 1. The Bertz CT molecular complexity index is 585. The van der Waals surface area contributed by atoms with E-state index in [1.807, 2.05) is 24.3 Å². The molecule has 0 saturated carbocycles. The van der Waals surface area contributed by atoms with Crippen molar-refractivity contribution in [2.24, 2.45) is 0 Å². The minimum Gasteiger partial charge on any atom is -0.488 e. The van der Waals surface area contributed by atoms with E-state index in [4.69, 9.17) is 4.74 Å². The Morgan fingerprint density at radius 2 is 2.00 bits per heavy atom. The molecule has 0 radical (unpaired) electrons. The van der Waals surface area contributed by atoms with Gasteiger partial charge >= 0.3 is 0 Å². The Balaban J connectivity index is 1.60. The van der Waals surface area contributed by atoms with Crippen molar-refractivity contribution in [2.75, 3.05) is 11.9 Å². The van der Waals surface area contributed by atoms with Crippen LogP contribution in [0.15, 0.2) is 46.9 Å². The highest BCUT2D eigenvalue weighted by Gasteiger charge is 2.22. The topological polar surface area (TPSA) is 21.3 Å². The summed E-state index contributed by atoms with van der Waals surface area (Å²) in [4.78, 5) is 0. The number of benzene rings is 2. The molecule has 1 aliphatic heterocycles. The summed E-state index contributed by atoms with van der Waals surface area (Å²) in [6.45, 7) is 0.706. The van der Waals surface area contributed by atoms with Gasteiger partial charge in [-0.3, -0.25) is 0 Å². The maximum atomic E-state index is 13.1. The van der Waals surface area contributed by atoms with Crippen LogP contribution in [0, 0.1) is 5.82 Å². The third-order valence-corrected chi connectivity index (χ3v) is 3.67. The van der Waals surface area contributed by atoms with Gasteiger partial charge < -0.3 is 10.1 Å². The van der Waals surface area contributed by atoms with Crippen molar-refractivity contribution in [2.45, 2.75) is 12.5 Å². The molecule has 0 bridgehead atoms. The second kappa shape index (κ2) is 5.21. The first-order chi connectivity index (χ1) is 9.20. The molecule has 0 aliphatic carbocycles. The third kappa shape index (κ3) is 2.89. The fraction of sp³-hybridized carbons (Fsp3) is 0.200. The van der Waals surface area contributed by atoms with Crippen LogP contribution in [-0.2, 0) is 6.42 Å². The molecular formula is C15H13BrFNO. The van der Waals surface area contributed by atoms with Gasteiger partial charge in [0.2, 0.25) is 0 Å². The molecule has 1 N–H and O–H groups in total. The lowest BCUT2D eigenvalue weighted by atomic mass is 10.1. The van der Waals surface area contributed by atoms with Crippen LogP contribution in [0.2, 0.25) is 0 Å². The molecule has 2 nitrogen and oxygen atoms in total. The monoisotopic (exact) mass is 321 g/mol. The normalized spacial score (nSPS) is 16.8. The minimum atomic E-state index is -0.205. The largest absolute Gasteiger partial charge is 0.488 e. The van der Waals surface area contributed by atoms with Gasteiger partial charge in [-0.05, 0) is 42.5 Å². The highest BCUT2D eigenvalue weighted by molar-refractivity contribution is 9.10. The van der Waals surface area contributed by atoms with E-state index in [0.717, 1.165) is 27.9 Å². The lowest BCUT2D eigenvalue weighted by molar-refractivity contribution is 0.246. The zero-order chi connectivity index (χ0) is 13.2. The summed E-state index contributed by atoms with van der Waals surface area (Å²) in [5, 5.41) is 3.32. The van der Waals surface area contributed by atoms with Crippen LogP contribution in [0.1, 0.15) is 5.56 Å². The van der Waals surface area contributed by atoms with Crippen LogP contribution < -0.4 is 10.1 Å². The molecule has 98 valence electrons. The van der Waals surface area contributed by atoms with Crippen molar-refractivity contribution >= 4 is 21.6 Å². The first-order valence-electron chi connectivity index (χ1n) is 6.15. The van der Waals surface area contributed by atoms with Crippen LogP contribution in [0.25, 0.3) is 0 Å². The molecule has 1 aliphatic rings. The summed E-state index contributed by atoms with van der Waals surface area (Å²) in [6, 6.07) is 12.7. The number of ether oxygens (including phenoxy) is 1. The van der Waals surface area contributed by atoms with E-state index in [-0.39, 0.29) is 11.9 Å². The lowest BCUT2D eigenvalue weighted by Gasteiger charge is -2.12. The predicted molar refractivity (Wildman–Crippen MR) is 77.2 cm³/mol. The average molecular weight is 322 g/mol. The molecule has 4 heteroatoms. The van der Waals surface area contributed by atoms with Gasteiger partial charge in [0, 0.05) is 22.1 Å². The number of rotatable bonds is 3. The van der Waals surface area contributed by atoms with Gasteiger partial charge in [-0.1, -0.05) is 15.9 Å². The first-order valence-corrected chi connectivity index (χ1v) is 6.94. The van der Waals surface area contributed by atoms with Crippen LogP contribution in [0.3, 0.4) is 0 Å². The highest BCUT2D eigenvalue weighted by Crippen LogP contribution is 2.29. The summed E-state index contributed by atoms with van der Waals surface area (Å²) in [5.41, 5.74) is 2.00. The molecule has 0 fully saturated rings. The predicted octanol–water partition coefficient (Wildman–Crippen LogP) is 4.00. The fourth-order valence-electron chi connectivity index (χ4n) is 2.20. The standard InChI is InChI=1S/C15H13BrFNO/c16-11-1-4-13(5-2-11)18-9-14-8-10-7-12(17)3-6-15(10)19-14/h1-7,14,18H,8-9H2. The van der Waals surface area contributed by atoms with Crippen molar-refractivity contribution in [3.63, 3.8) is 0 Å². The summed E-state index contributed by atoms with van der Waals surface area (Å²) in [5.74, 6) is 0.591. The number of halogens is 2. The third-order valence-electron chi connectivity index (χ3n) is 3.14. The molecule has 1 unspecified atom stereocenters. The zero-order valence-electron chi connectivity index (χ0n) is 10.2. The number of fused-ring (bicyclic) bond motifs is 1. The Labute approximate surface area is 119 Å². The molecular weight excluding hydrogens is 309 g/mol. The van der Waals surface area contributed by atoms with Gasteiger partial charge in [0.05, 0.1) is 6.54 Å². The van der Waals surface area contributed by atoms with Crippen molar-refractivity contribution in [3.8, 4) is 5.75 Å². The maximum absolute atomic E-state index is 13.1. The molecule has 19 heavy (non-hydrogen) atoms. The Kier molecular flexibility index (Phi) is 3.42. The quantitative estimate of drug-likeness (QED) is 0.922. The number of nitrogens with one attached hydrogen (secondary N) is 1. The lowest BCUT2D eigenvalue weighted by Crippen LogP contribution is -2.23. The molecule has 0 aromatic heterocycles. The van der Waals surface area contributed by atoms with Crippen molar-refractivity contribution in [3.05, 3.63) is 58.3 Å². The van der Waals surface area contributed by atoms with Crippen molar-refractivity contribution in [1.29, 1.82) is 0 Å². The number of anilines is 1. The summed E-state index contributed by atoms with van der Waals surface area (Å²) < 4.78 is 19.9. The summed E-state index contributed by atoms with van der Waals surface area (Å²) in [7, 11) is 0. The number of hydrogen-bond acceptors (Lipinski definition) is 2. The second-order valence-electron chi connectivity index (χ2n) is 4.58. The molecule has 0 amide bonds. The second-order valence-corrected chi connectivity index (χ2v) is 5.50. The zero-order valence-corrected chi connectivity index (χ0v) is 11.8. The SMILES string of the molecule is Fc1ccc2c(c1)CC(CNc1ccc(Br)cc1)O2.